The molecule has 116 valence electrons. The molecule has 1 aliphatic carbocycles. The maximum absolute atomic E-state index is 12.2. The maximum Gasteiger partial charge on any atom is 0.356 e. The molecule has 3 atom stereocenters. The van der Waals surface area contributed by atoms with Gasteiger partial charge in [0.25, 0.3) is 0 Å². The molecule has 2 aliphatic rings. The average Bonchev–Trinajstić information content (AvgIpc) is 3.02. The zero-order chi connectivity index (χ0) is 15.7. The number of hydrogen-bond acceptors (Lipinski definition) is 6. The third kappa shape index (κ3) is 2.25. The van der Waals surface area contributed by atoms with Gasteiger partial charge in [0.15, 0.2) is 0 Å². The largest absolute Gasteiger partial charge is 0.464 e. The van der Waals surface area contributed by atoms with Gasteiger partial charge >= 0.3 is 11.9 Å². The lowest BCUT2D eigenvalue weighted by Crippen LogP contribution is -2.43. The van der Waals surface area contributed by atoms with Gasteiger partial charge in [-0.25, -0.2) is 9.59 Å². The predicted octanol–water partition coefficient (Wildman–Crippen LogP) is 1.73. The standard InChI is InChI=1S/C16H18N2O4/c1-2-21-16(20)14-10-6-3-5-9(10)13-11(15(19)22-17)7-4-8-12(13)18-14/h3-5,7-10,14,18H,2,6,17H2,1H3. The van der Waals surface area contributed by atoms with Crippen LogP contribution in [0.3, 0.4) is 0 Å². The van der Waals surface area contributed by atoms with Crippen molar-refractivity contribution in [2.24, 2.45) is 11.8 Å². The highest BCUT2D eigenvalue weighted by Gasteiger charge is 2.43. The van der Waals surface area contributed by atoms with Crippen molar-refractivity contribution in [3.8, 4) is 0 Å². The van der Waals surface area contributed by atoms with Crippen molar-refractivity contribution < 1.29 is 19.2 Å². The number of fused-ring (bicyclic) bond motifs is 3. The molecule has 0 fully saturated rings. The summed E-state index contributed by atoms with van der Waals surface area (Å²) < 4.78 is 5.16. The first-order valence-electron chi connectivity index (χ1n) is 7.31. The third-order valence-corrected chi connectivity index (χ3v) is 4.26. The van der Waals surface area contributed by atoms with Crippen LogP contribution in [-0.2, 0) is 14.4 Å². The van der Waals surface area contributed by atoms with E-state index >= 15 is 0 Å². The van der Waals surface area contributed by atoms with E-state index in [2.05, 4.69) is 10.2 Å². The van der Waals surface area contributed by atoms with Crippen LogP contribution in [0.2, 0.25) is 0 Å². The Morgan fingerprint density at radius 3 is 2.95 bits per heavy atom. The third-order valence-electron chi connectivity index (χ3n) is 4.26. The summed E-state index contributed by atoms with van der Waals surface area (Å²) in [5, 5.41) is 3.21. The van der Waals surface area contributed by atoms with E-state index in [1.807, 2.05) is 18.2 Å². The van der Waals surface area contributed by atoms with E-state index < -0.39 is 12.0 Å². The Morgan fingerprint density at radius 1 is 1.41 bits per heavy atom. The van der Waals surface area contributed by atoms with Crippen LogP contribution in [0.15, 0.2) is 30.4 Å². The zero-order valence-electron chi connectivity index (χ0n) is 12.2. The number of carbonyl (C=O) groups is 2. The number of benzene rings is 1. The number of nitrogens with one attached hydrogen (secondary N) is 1. The second kappa shape index (κ2) is 5.81. The quantitative estimate of drug-likeness (QED) is 0.502. The van der Waals surface area contributed by atoms with E-state index in [4.69, 9.17) is 10.6 Å². The fourth-order valence-corrected chi connectivity index (χ4v) is 3.36. The molecule has 1 aliphatic heterocycles. The molecular formula is C16H18N2O4. The Hall–Kier alpha value is -2.34. The van der Waals surface area contributed by atoms with Gasteiger partial charge in [0.05, 0.1) is 12.2 Å². The Kier molecular flexibility index (Phi) is 3.85. The molecule has 3 unspecified atom stereocenters. The molecule has 0 saturated carbocycles. The molecule has 0 bridgehead atoms. The fraction of sp³-hybridized carbons (Fsp3) is 0.375. The van der Waals surface area contributed by atoms with Crippen molar-refractivity contribution in [1.82, 2.24) is 0 Å². The van der Waals surface area contributed by atoms with Gasteiger partial charge in [-0.2, -0.15) is 5.90 Å². The lowest BCUT2D eigenvalue weighted by molar-refractivity contribution is -0.145. The molecule has 1 aromatic carbocycles. The molecule has 0 spiro atoms. The molecule has 0 saturated heterocycles. The van der Waals surface area contributed by atoms with Crippen LogP contribution in [0, 0.1) is 5.92 Å². The van der Waals surface area contributed by atoms with Crippen molar-refractivity contribution in [2.75, 3.05) is 11.9 Å². The average molecular weight is 302 g/mol. The Morgan fingerprint density at radius 2 is 2.23 bits per heavy atom. The first kappa shape index (κ1) is 14.6. The highest BCUT2D eigenvalue weighted by Crippen LogP contribution is 2.46. The van der Waals surface area contributed by atoms with Gasteiger partial charge in [-0.1, -0.05) is 18.2 Å². The van der Waals surface area contributed by atoms with Crippen LogP contribution in [0.4, 0.5) is 5.69 Å². The van der Waals surface area contributed by atoms with Crippen LogP contribution in [0.5, 0.6) is 0 Å². The number of rotatable bonds is 3. The molecule has 0 aromatic heterocycles. The summed E-state index contributed by atoms with van der Waals surface area (Å²) >= 11 is 0. The summed E-state index contributed by atoms with van der Waals surface area (Å²) in [6.07, 6.45) is 4.82. The van der Waals surface area contributed by atoms with E-state index in [0.29, 0.717) is 12.2 Å². The van der Waals surface area contributed by atoms with Crippen LogP contribution in [0.25, 0.3) is 0 Å². The summed E-state index contributed by atoms with van der Waals surface area (Å²) in [6.45, 7) is 2.13. The molecule has 0 amide bonds. The molecule has 22 heavy (non-hydrogen) atoms. The number of allylic oxidation sites excluding steroid dienone is 2. The maximum atomic E-state index is 12.2. The highest BCUT2D eigenvalue weighted by molar-refractivity contribution is 5.94. The highest BCUT2D eigenvalue weighted by atomic mass is 16.7. The van der Waals surface area contributed by atoms with E-state index in [0.717, 1.165) is 17.7 Å². The molecule has 6 nitrogen and oxygen atoms in total. The summed E-state index contributed by atoms with van der Waals surface area (Å²) in [6, 6.07) is 4.84. The molecule has 6 heteroatoms. The molecular weight excluding hydrogens is 284 g/mol. The Bertz CT molecular complexity index is 641. The van der Waals surface area contributed by atoms with E-state index in [9.17, 15) is 9.59 Å². The van der Waals surface area contributed by atoms with Gasteiger partial charge in [-0.3, -0.25) is 0 Å². The van der Waals surface area contributed by atoms with Crippen molar-refractivity contribution in [3.05, 3.63) is 41.5 Å². The van der Waals surface area contributed by atoms with Gasteiger partial charge in [-0.15, -0.1) is 0 Å². The second-order valence-electron chi connectivity index (χ2n) is 5.40. The SMILES string of the molecule is CCOC(=O)C1Nc2cccc(C(=O)ON)c2C2C=CCC12. The number of ether oxygens (including phenoxy) is 1. The second-order valence-corrected chi connectivity index (χ2v) is 5.40. The zero-order valence-corrected chi connectivity index (χ0v) is 12.2. The molecule has 0 radical (unpaired) electrons. The van der Waals surface area contributed by atoms with Crippen LogP contribution >= 0.6 is 0 Å². The Balaban J connectivity index is 2.04. The summed E-state index contributed by atoms with van der Waals surface area (Å²) in [4.78, 5) is 28.5. The van der Waals surface area contributed by atoms with Gasteiger partial charge in [0.1, 0.15) is 6.04 Å². The monoisotopic (exact) mass is 302 g/mol. The number of anilines is 1. The fourth-order valence-electron chi connectivity index (χ4n) is 3.36. The van der Waals surface area contributed by atoms with Crippen molar-refractivity contribution in [2.45, 2.75) is 25.3 Å². The first-order chi connectivity index (χ1) is 10.7. The molecule has 3 rings (SSSR count). The molecule has 3 N–H and O–H groups in total. The minimum atomic E-state index is -0.577. The van der Waals surface area contributed by atoms with Crippen molar-refractivity contribution in [1.29, 1.82) is 0 Å². The van der Waals surface area contributed by atoms with Crippen LogP contribution in [0.1, 0.15) is 35.2 Å². The smallest absolute Gasteiger partial charge is 0.356 e. The molecule has 1 aromatic rings. The number of hydrogen-bond donors (Lipinski definition) is 2. The number of esters is 1. The van der Waals surface area contributed by atoms with Crippen LogP contribution < -0.4 is 11.2 Å². The van der Waals surface area contributed by atoms with E-state index in [1.165, 1.54) is 0 Å². The van der Waals surface area contributed by atoms with Crippen molar-refractivity contribution in [3.63, 3.8) is 0 Å². The summed E-state index contributed by atoms with van der Waals surface area (Å²) in [5.74, 6) is 4.18. The lowest BCUT2D eigenvalue weighted by atomic mass is 9.77. The van der Waals surface area contributed by atoms with Crippen molar-refractivity contribution >= 4 is 17.6 Å². The van der Waals surface area contributed by atoms with Gasteiger partial charge < -0.3 is 14.9 Å². The lowest BCUT2D eigenvalue weighted by Gasteiger charge is -2.36. The predicted molar refractivity (Wildman–Crippen MR) is 80.1 cm³/mol. The van der Waals surface area contributed by atoms with E-state index in [-0.39, 0.29) is 17.8 Å². The number of nitrogens with two attached hydrogens (primary N) is 1. The minimum Gasteiger partial charge on any atom is -0.464 e. The first-order valence-corrected chi connectivity index (χ1v) is 7.31. The van der Waals surface area contributed by atoms with Gasteiger partial charge in [0, 0.05) is 17.5 Å². The molecule has 1 heterocycles. The topological polar surface area (TPSA) is 90.6 Å². The minimum absolute atomic E-state index is 0.0262. The van der Waals surface area contributed by atoms with Gasteiger partial charge in [0.2, 0.25) is 0 Å². The number of carbonyl (C=O) groups excluding carboxylic acids is 2. The normalized spacial score (nSPS) is 24.9. The summed E-state index contributed by atoms with van der Waals surface area (Å²) in [7, 11) is 0. The van der Waals surface area contributed by atoms with E-state index in [1.54, 1.807) is 19.1 Å². The van der Waals surface area contributed by atoms with Gasteiger partial charge in [-0.05, 0) is 31.0 Å². The van der Waals surface area contributed by atoms with Crippen LogP contribution in [-0.4, -0.2) is 24.6 Å². The Labute approximate surface area is 128 Å². The summed E-state index contributed by atoms with van der Waals surface area (Å²) in [5.41, 5.74) is 2.00.